The molecule has 0 radical (unpaired) electrons. The highest BCUT2D eigenvalue weighted by atomic mass is 32.2. The number of amides is 1. The SMILES string of the molecule is CCn1c(SCC(=O)OCC(=O)Nc2ccccc2SC)nnc1-c1cccs1. The van der Waals surface area contributed by atoms with Crippen LogP contribution in [0.4, 0.5) is 5.69 Å². The summed E-state index contributed by atoms with van der Waals surface area (Å²) in [6.45, 7) is 2.36. The van der Waals surface area contributed by atoms with Gasteiger partial charge in [0.25, 0.3) is 5.91 Å². The van der Waals surface area contributed by atoms with Crippen LogP contribution in [0.15, 0.2) is 51.8 Å². The molecule has 7 nitrogen and oxygen atoms in total. The van der Waals surface area contributed by atoms with Crippen LogP contribution in [0, 0.1) is 0 Å². The first-order valence-corrected chi connectivity index (χ1v) is 11.9. The normalized spacial score (nSPS) is 10.7. The molecular weight excluding hydrogens is 428 g/mol. The predicted molar refractivity (Wildman–Crippen MR) is 118 cm³/mol. The summed E-state index contributed by atoms with van der Waals surface area (Å²) < 4.78 is 7.04. The van der Waals surface area contributed by atoms with Gasteiger partial charge in [0.2, 0.25) is 0 Å². The summed E-state index contributed by atoms with van der Waals surface area (Å²) in [5.41, 5.74) is 0.701. The molecule has 0 saturated heterocycles. The summed E-state index contributed by atoms with van der Waals surface area (Å²) in [5.74, 6) is -0.0181. The van der Waals surface area contributed by atoms with Crippen LogP contribution in [-0.4, -0.2) is 45.3 Å². The van der Waals surface area contributed by atoms with Crippen molar-refractivity contribution in [1.29, 1.82) is 0 Å². The Labute approximate surface area is 181 Å². The first-order valence-electron chi connectivity index (χ1n) is 8.80. The average Bonchev–Trinajstić information content (AvgIpc) is 3.40. The number of anilines is 1. The van der Waals surface area contributed by atoms with E-state index in [-0.39, 0.29) is 18.3 Å². The molecule has 1 amide bonds. The molecule has 3 aromatic rings. The van der Waals surface area contributed by atoms with Gasteiger partial charge in [-0.3, -0.25) is 9.59 Å². The Kier molecular flexibility index (Phi) is 7.73. The summed E-state index contributed by atoms with van der Waals surface area (Å²) in [5, 5.41) is 13.8. The second kappa shape index (κ2) is 10.5. The van der Waals surface area contributed by atoms with Crippen molar-refractivity contribution in [2.45, 2.75) is 23.5 Å². The van der Waals surface area contributed by atoms with Crippen molar-refractivity contribution in [2.24, 2.45) is 0 Å². The third kappa shape index (κ3) is 5.62. The Morgan fingerprint density at radius 2 is 2.03 bits per heavy atom. The number of thiophene rings is 1. The molecule has 0 bridgehead atoms. The molecule has 152 valence electrons. The molecule has 0 spiro atoms. The molecule has 0 atom stereocenters. The maximum Gasteiger partial charge on any atom is 0.316 e. The molecule has 0 aliphatic carbocycles. The third-order valence-electron chi connectivity index (χ3n) is 3.84. The number of esters is 1. The molecule has 3 rings (SSSR count). The van der Waals surface area contributed by atoms with Crippen LogP contribution in [0.25, 0.3) is 10.7 Å². The van der Waals surface area contributed by atoms with E-state index in [1.807, 2.05) is 59.5 Å². The van der Waals surface area contributed by atoms with Crippen molar-refractivity contribution in [2.75, 3.05) is 23.9 Å². The maximum atomic E-state index is 12.1. The zero-order chi connectivity index (χ0) is 20.6. The number of hydrogen-bond acceptors (Lipinski definition) is 8. The average molecular weight is 449 g/mol. The van der Waals surface area contributed by atoms with Crippen LogP contribution >= 0.6 is 34.9 Å². The van der Waals surface area contributed by atoms with Crippen LogP contribution in [0.3, 0.4) is 0 Å². The van der Waals surface area contributed by atoms with Crippen LogP contribution in [0.2, 0.25) is 0 Å². The van der Waals surface area contributed by atoms with Crippen molar-refractivity contribution >= 4 is 52.4 Å². The van der Waals surface area contributed by atoms with E-state index in [9.17, 15) is 9.59 Å². The number of benzene rings is 1. The number of hydrogen-bond donors (Lipinski definition) is 1. The summed E-state index contributed by atoms with van der Waals surface area (Å²) in [4.78, 5) is 26.1. The minimum absolute atomic E-state index is 0.0528. The number of thioether (sulfide) groups is 2. The van der Waals surface area contributed by atoms with Crippen molar-refractivity contribution in [1.82, 2.24) is 14.8 Å². The van der Waals surface area contributed by atoms with Gasteiger partial charge in [0.1, 0.15) is 0 Å². The zero-order valence-electron chi connectivity index (χ0n) is 16.0. The molecule has 1 aromatic carbocycles. The Morgan fingerprint density at radius 3 is 2.76 bits per heavy atom. The van der Waals surface area contributed by atoms with Gasteiger partial charge >= 0.3 is 5.97 Å². The second-order valence-electron chi connectivity index (χ2n) is 5.73. The Balaban J connectivity index is 1.50. The summed E-state index contributed by atoms with van der Waals surface area (Å²) in [6, 6.07) is 11.4. The third-order valence-corrected chi connectivity index (χ3v) is 6.44. The van der Waals surface area contributed by atoms with E-state index in [1.165, 1.54) is 23.5 Å². The highest BCUT2D eigenvalue weighted by Crippen LogP contribution is 2.27. The van der Waals surface area contributed by atoms with Gasteiger partial charge in [-0.15, -0.1) is 33.3 Å². The standard InChI is InChI=1S/C19H20N4O3S3/c1-3-23-18(15-9-6-10-28-15)21-22-19(23)29-12-17(25)26-11-16(24)20-13-7-4-5-8-14(13)27-2/h4-10H,3,11-12H2,1-2H3,(H,20,24). The molecule has 2 heterocycles. The number of rotatable bonds is 9. The number of ether oxygens (including phenoxy) is 1. The molecule has 0 aliphatic rings. The van der Waals surface area contributed by atoms with E-state index < -0.39 is 5.97 Å². The molecule has 0 aliphatic heterocycles. The van der Waals surface area contributed by atoms with Gasteiger partial charge in [-0.05, 0) is 36.8 Å². The van der Waals surface area contributed by atoms with Gasteiger partial charge in [-0.1, -0.05) is 30.0 Å². The minimum atomic E-state index is -0.480. The lowest BCUT2D eigenvalue weighted by Gasteiger charge is -2.09. The number of carbonyl (C=O) groups excluding carboxylic acids is 2. The topological polar surface area (TPSA) is 86.1 Å². The quantitative estimate of drug-likeness (QED) is 0.391. The molecule has 2 aromatic heterocycles. The fourth-order valence-electron chi connectivity index (χ4n) is 2.51. The molecule has 1 N–H and O–H groups in total. The number of aromatic nitrogens is 3. The lowest BCUT2D eigenvalue weighted by atomic mass is 10.3. The highest BCUT2D eigenvalue weighted by molar-refractivity contribution is 7.99. The maximum absolute atomic E-state index is 12.1. The van der Waals surface area contributed by atoms with Crippen molar-refractivity contribution in [3.63, 3.8) is 0 Å². The Morgan fingerprint density at radius 1 is 1.21 bits per heavy atom. The first-order chi connectivity index (χ1) is 14.1. The van der Waals surface area contributed by atoms with Crippen molar-refractivity contribution in [3.8, 4) is 10.7 Å². The van der Waals surface area contributed by atoms with Gasteiger partial charge in [-0.25, -0.2) is 0 Å². The van der Waals surface area contributed by atoms with Crippen molar-refractivity contribution in [3.05, 3.63) is 41.8 Å². The molecule has 0 fully saturated rings. The number of para-hydroxylation sites is 1. The summed E-state index contributed by atoms with van der Waals surface area (Å²) in [7, 11) is 0. The van der Waals surface area contributed by atoms with Gasteiger partial charge in [0.15, 0.2) is 17.6 Å². The summed E-state index contributed by atoms with van der Waals surface area (Å²) in [6.07, 6.45) is 1.93. The fourth-order valence-corrected chi connectivity index (χ4v) is 4.59. The number of carbonyl (C=O) groups is 2. The smallest absolute Gasteiger partial charge is 0.316 e. The lowest BCUT2D eigenvalue weighted by molar-refractivity contribution is -0.144. The predicted octanol–water partition coefficient (Wildman–Crippen LogP) is 4.02. The van der Waals surface area contributed by atoms with E-state index in [1.54, 1.807) is 11.3 Å². The highest BCUT2D eigenvalue weighted by Gasteiger charge is 2.16. The van der Waals surface area contributed by atoms with Crippen molar-refractivity contribution < 1.29 is 14.3 Å². The van der Waals surface area contributed by atoms with Crippen LogP contribution < -0.4 is 5.32 Å². The van der Waals surface area contributed by atoms with E-state index in [2.05, 4.69) is 15.5 Å². The van der Waals surface area contributed by atoms with Gasteiger partial charge in [0.05, 0.1) is 16.3 Å². The van der Waals surface area contributed by atoms with E-state index in [4.69, 9.17) is 4.74 Å². The van der Waals surface area contributed by atoms with Crippen LogP contribution in [0.5, 0.6) is 0 Å². The summed E-state index contributed by atoms with van der Waals surface area (Å²) >= 11 is 4.36. The van der Waals surface area contributed by atoms with E-state index >= 15 is 0 Å². The first kappa shape index (κ1) is 21.4. The van der Waals surface area contributed by atoms with Gasteiger partial charge < -0.3 is 14.6 Å². The molecule has 10 heteroatoms. The molecular formula is C19H20N4O3S3. The monoisotopic (exact) mass is 448 g/mol. The molecule has 0 unspecified atom stereocenters. The van der Waals surface area contributed by atoms with Crippen LogP contribution in [-0.2, 0) is 20.9 Å². The van der Waals surface area contributed by atoms with E-state index in [0.717, 1.165) is 15.6 Å². The second-order valence-corrected chi connectivity index (χ2v) is 8.46. The van der Waals surface area contributed by atoms with E-state index in [0.29, 0.717) is 17.4 Å². The Bertz CT molecular complexity index is 973. The van der Waals surface area contributed by atoms with Gasteiger partial charge in [-0.2, -0.15) is 0 Å². The number of nitrogens with one attached hydrogen (secondary N) is 1. The molecule has 0 saturated carbocycles. The van der Waals surface area contributed by atoms with Gasteiger partial charge in [0, 0.05) is 11.4 Å². The fraction of sp³-hybridized carbons (Fsp3) is 0.263. The zero-order valence-corrected chi connectivity index (χ0v) is 18.4. The Hall–Kier alpha value is -2.30. The molecule has 29 heavy (non-hydrogen) atoms. The number of nitrogens with zero attached hydrogens (tertiary/aromatic N) is 3. The lowest BCUT2D eigenvalue weighted by Crippen LogP contribution is -2.22. The minimum Gasteiger partial charge on any atom is -0.455 e. The van der Waals surface area contributed by atoms with Crippen LogP contribution in [0.1, 0.15) is 6.92 Å². The largest absolute Gasteiger partial charge is 0.455 e.